The SMILES string of the molecule is CCOC(=O)NC(CNC(=NC)NCCC(C)N(C)Cc1ccccc1)C1CC1. The highest BCUT2D eigenvalue weighted by atomic mass is 16.5. The molecule has 1 aliphatic rings. The summed E-state index contributed by atoms with van der Waals surface area (Å²) in [5.41, 5.74) is 1.33. The van der Waals surface area contributed by atoms with Crippen LogP contribution in [0.25, 0.3) is 0 Å². The summed E-state index contributed by atoms with van der Waals surface area (Å²) in [6.45, 7) is 6.86. The topological polar surface area (TPSA) is 78.0 Å². The molecule has 0 bridgehead atoms. The number of amides is 1. The Morgan fingerprint density at radius 1 is 1.28 bits per heavy atom. The lowest BCUT2D eigenvalue weighted by molar-refractivity contribution is 0.146. The van der Waals surface area contributed by atoms with E-state index in [1.807, 2.05) is 13.0 Å². The Balaban J connectivity index is 1.69. The number of carbonyl (C=O) groups is 1. The number of ether oxygens (including phenoxy) is 1. The summed E-state index contributed by atoms with van der Waals surface area (Å²) < 4.78 is 5.01. The Morgan fingerprint density at radius 3 is 2.62 bits per heavy atom. The molecular formula is C22H37N5O2. The molecule has 0 aliphatic heterocycles. The van der Waals surface area contributed by atoms with Crippen molar-refractivity contribution in [1.82, 2.24) is 20.9 Å². The standard InChI is InChI=1S/C22H37N5O2/c1-5-29-22(28)26-20(19-11-12-19)15-25-21(23-3)24-14-13-17(2)27(4)16-18-9-7-6-8-10-18/h6-10,17,19-20H,5,11-16H2,1-4H3,(H,26,28)(H2,23,24,25). The van der Waals surface area contributed by atoms with Gasteiger partial charge in [0.1, 0.15) is 0 Å². The fraction of sp³-hybridized carbons (Fsp3) is 0.636. The van der Waals surface area contributed by atoms with Gasteiger partial charge in [-0.25, -0.2) is 4.79 Å². The monoisotopic (exact) mass is 403 g/mol. The van der Waals surface area contributed by atoms with Gasteiger partial charge < -0.3 is 20.7 Å². The third-order valence-corrected chi connectivity index (χ3v) is 5.36. The second kappa shape index (κ2) is 12.3. The Hall–Kier alpha value is -2.28. The molecule has 0 spiro atoms. The van der Waals surface area contributed by atoms with Crippen LogP contribution < -0.4 is 16.0 Å². The molecule has 29 heavy (non-hydrogen) atoms. The van der Waals surface area contributed by atoms with Crippen molar-refractivity contribution in [2.24, 2.45) is 10.9 Å². The molecule has 0 radical (unpaired) electrons. The van der Waals surface area contributed by atoms with Crippen molar-refractivity contribution in [2.75, 3.05) is 33.8 Å². The van der Waals surface area contributed by atoms with Crippen molar-refractivity contribution in [3.63, 3.8) is 0 Å². The lowest BCUT2D eigenvalue weighted by Crippen LogP contribution is -2.48. The fourth-order valence-corrected chi connectivity index (χ4v) is 3.23. The zero-order chi connectivity index (χ0) is 21.1. The number of hydrogen-bond acceptors (Lipinski definition) is 4. The van der Waals surface area contributed by atoms with Gasteiger partial charge in [0.2, 0.25) is 0 Å². The second-order valence-corrected chi connectivity index (χ2v) is 7.73. The van der Waals surface area contributed by atoms with Crippen LogP contribution in [0.4, 0.5) is 4.79 Å². The molecule has 3 N–H and O–H groups in total. The molecule has 2 rings (SSSR count). The summed E-state index contributed by atoms with van der Waals surface area (Å²) in [6, 6.07) is 11.1. The minimum absolute atomic E-state index is 0.0727. The van der Waals surface area contributed by atoms with E-state index in [-0.39, 0.29) is 12.1 Å². The number of alkyl carbamates (subject to hydrolysis) is 1. The summed E-state index contributed by atoms with van der Waals surface area (Å²) in [7, 11) is 3.93. The Kier molecular flexibility index (Phi) is 9.77. The van der Waals surface area contributed by atoms with Gasteiger partial charge in [0.25, 0.3) is 0 Å². The summed E-state index contributed by atoms with van der Waals surface area (Å²) in [5, 5.41) is 9.68. The molecule has 1 amide bonds. The van der Waals surface area contributed by atoms with Crippen LogP contribution in [-0.4, -0.2) is 62.8 Å². The van der Waals surface area contributed by atoms with Gasteiger partial charge in [-0.15, -0.1) is 0 Å². The van der Waals surface area contributed by atoms with Crippen LogP contribution in [0.2, 0.25) is 0 Å². The van der Waals surface area contributed by atoms with Gasteiger partial charge >= 0.3 is 6.09 Å². The molecule has 7 heteroatoms. The Morgan fingerprint density at radius 2 is 2.00 bits per heavy atom. The molecule has 7 nitrogen and oxygen atoms in total. The smallest absolute Gasteiger partial charge is 0.407 e. The molecule has 0 saturated heterocycles. The van der Waals surface area contributed by atoms with Gasteiger partial charge in [-0.3, -0.25) is 9.89 Å². The van der Waals surface area contributed by atoms with Crippen LogP contribution in [-0.2, 0) is 11.3 Å². The van der Waals surface area contributed by atoms with Gasteiger partial charge in [-0.2, -0.15) is 0 Å². The zero-order valence-corrected chi connectivity index (χ0v) is 18.3. The van der Waals surface area contributed by atoms with Crippen LogP contribution in [0.5, 0.6) is 0 Å². The first-order chi connectivity index (χ1) is 14.0. The molecule has 1 aromatic rings. The molecule has 2 unspecified atom stereocenters. The lowest BCUT2D eigenvalue weighted by Gasteiger charge is -2.25. The van der Waals surface area contributed by atoms with Crippen molar-refractivity contribution >= 4 is 12.1 Å². The van der Waals surface area contributed by atoms with Crippen molar-refractivity contribution in [3.05, 3.63) is 35.9 Å². The van der Waals surface area contributed by atoms with Crippen molar-refractivity contribution in [2.45, 2.75) is 51.7 Å². The molecule has 2 atom stereocenters. The molecule has 1 saturated carbocycles. The lowest BCUT2D eigenvalue weighted by atomic mass is 10.1. The third kappa shape index (κ3) is 8.73. The van der Waals surface area contributed by atoms with Gasteiger partial charge in [0.05, 0.1) is 12.6 Å². The van der Waals surface area contributed by atoms with Gasteiger partial charge in [0, 0.05) is 32.7 Å². The second-order valence-electron chi connectivity index (χ2n) is 7.73. The maximum absolute atomic E-state index is 11.7. The molecule has 1 aromatic carbocycles. The summed E-state index contributed by atoms with van der Waals surface area (Å²) >= 11 is 0. The van der Waals surface area contributed by atoms with Crippen LogP contribution in [0.3, 0.4) is 0 Å². The largest absolute Gasteiger partial charge is 0.450 e. The predicted molar refractivity (Wildman–Crippen MR) is 118 cm³/mol. The number of hydrogen-bond donors (Lipinski definition) is 3. The Bertz CT molecular complexity index is 633. The van der Waals surface area contributed by atoms with Crippen molar-refractivity contribution < 1.29 is 9.53 Å². The summed E-state index contributed by atoms with van der Waals surface area (Å²) in [5.74, 6) is 1.29. The van der Waals surface area contributed by atoms with Crippen molar-refractivity contribution in [3.8, 4) is 0 Å². The van der Waals surface area contributed by atoms with E-state index in [1.54, 1.807) is 7.05 Å². The normalized spacial score (nSPS) is 16.2. The summed E-state index contributed by atoms with van der Waals surface area (Å²) in [4.78, 5) is 18.4. The van der Waals surface area contributed by atoms with Crippen LogP contribution >= 0.6 is 0 Å². The predicted octanol–water partition coefficient (Wildman–Crippen LogP) is 2.59. The first-order valence-corrected chi connectivity index (χ1v) is 10.7. The number of carbonyl (C=O) groups excluding carboxylic acids is 1. The molecule has 1 aliphatic carbocycles. The first-order valence-electron chi connectivity index (χ1n) is 10.7. The van der Waals surface area contributed by atoms with Crippen LogP contribution in [0, 0.1) is 5.92 Å². The van der Waals surface area contributed by atoms with E-state index in [0.717, 1.165) is 38.3 Å². The van der Waals surface area contributed by atoms with Crippen molar-refractivity contribution in [1.29, 1.82) is 0 Å². The quantitative estimate of drug-likeness (QED) is 0.391. The molecule has 1 fully saturated rings. The fourth-order valence-electron chi connectivity index (χ4n) is 3.23. The highest BCUT2D eigenvalue weighted by molar-refractivity contribution is 5.79. The van der Waals surface area contributed by atoms with E-state index in [4.69, 9.17) is 4.74 Å². The van der Waals surface area contributed by atoms with Gasteiger partial charge in [-0.1, -0.05) is 30.3 Å². The van der Waals surface area contributed by atoms with E-state index >= 15 is 0 Å². The average molecular weight is 404 g/mol. The first kappa shape index (κ1) is 23.0. The number of nitrogens with zero attached hydrogens (tertiary/aromatic N) is 2. The van der Waals surface area contributed by atoms with E-state index in [0.29, 0.717) is 25.1 Å². The number of rotatable bonds is 11. The van der Waals surface area contributed by atoms with E-state index < -0.39 is 0 Å². The molecular weight excluding hydrogens is 366 g/mol. The van der Waals surface area contributed by atoms with Crippen LogP contribution in [0.15, 0.2) is 35.3 Å². The highest BCUT2D eigenvalue weighted by Crippen LogP contribution is 2.32. The van der Waals surface area contributed by atoms with Gasteiger partial charge in [-0.05, 0) is 51.6 Å². The summed E-state index contributed by atoms with van der Waals surface area (Å²) in [6.07, 6.45) is 2.97. The number of nitrogens with one attached hydrogen (secondary N) is 3. The van der Waals surface area contributed by atoms with E-state index in [1.165, 1.54) is 5.56 Å². The minimum Gasteiger partial charge on any atom is -0.450 e. The number of aliphatic imine (C=N–C) groups is 1. The van der Waals surface area contributed by atoms with E-state index in [2.05, 4.69) is 64.1 Å². The number of benzene rings is 1. The number of guanidine groups is 1. The molecule has 0 aromatic heterocycles. The third-order valence-electron chi connectivity index (χ3n) is 5.36. The zero-order valence-electron chi connectivity index (χ0n) is 18.3. The van der Waals surface area contributed by atoms with E-state index in [9.17, 15) is 4.79 Å². The maximum Gasteiger partial charge on any atom is 0.407 e. The Labute approximate surface area is 175 Å². The van der Waals surface area contributed by atoms with Crippen LogP contribution in [0.1, 0.15) is 38.7 Å². The highest BCUT2D eigenvalue weighted by Gasteiger charge is 2.32. The van der Waals surface area contributed by atoms with Gasteiger partial charge in [0.15, 0.2) is 5.96 Å². The minimum atomic E-state index is -0.343. The average Bonchev–Trinajstić information content (AvgIpc) is 3.55. The maximum atomic E-state index is 11.7. The molecule has 162 valence electrons. The molecule has 0 heterocycles.